The Balaban J connectivity index is 1.58. The minimum atomic E-state index is -3.11. The fourth-order valence-corrected chi connectivity index (χ4v) is 8.19. The minimum absolute atomic E-state index is 0.0396. The molecule has 1 aliphatic carbocycles. The number of aliphatic imine (C=N–C) groups is 1. The van der Waals surface area contributed by atoms with E-state index in [0.29, 0.717) is 23.2 Å². The van der Waals surface area contributed by atoms with Crippen LogP contribution < -0.4 is 4.90 Å². The number of thioether (sulfide) groups is 1. The minimum Gasteiger partial charge on any atom is -0.316 e. The van der Waals surface area contributed by atoms with Gasteiger partial charge in [-0.05, 0) is 43.0 Å². The van der Waals surface area contributed by atoms with Gasteiger partial charge in [0.25, 0.3) is 0 Å². The van der Waals surface area contributed by atoms with Gasteiger partial charge in [0.2, 0.25) is 5.91 Å². The maximum Gasteiger partial charge on any atom is 0.248 e. The number of amides is 1. The van der Waals surface area contributed by atoms with E-state index in [-0.39, 0.29) is 34.5 Å². The van der Waals surface area contributed by atoms with Gasteiger partial charge in [-0.3, -0.25) is 4.79 Å². The number of amidine groups is 1. The number of nitrogens with zero attached hydrogens (tertiary/aromatic N) is 2. The number of sulfone groups is 1. The molecule has 3 aliphatic rings. The first-order valence-corrected chi connectivity index (χ1v) is 12.1. The summed E-state index contributed by atoms with van der Waals surface area (Å²) in [5.41, 5.74) is 0.678. The summed E-state index contributed by atoms with van der Waals surface area (Å²) in [6.07, 6.45) is 6.20. The van der Waals surface area contributed by atoms with Crippen LogP contribution in [0.15, 0.2) is 29.3 Å². The zero-order valence-corrected chi connectivity index (χ0v) is 16.6. The van der Waals surface area contributed by atoms with Gasteiger partial charge >= 0.3 is 0 Å². The van der Waals surface area contributed by atoms with Gasteiger partial charge in [-0.25, -0.2) is 12.8 Å². The zero-order valence-electron chi connectivity index (χ0n) is 15.0. The molecule has 8 heteroatoms. The van der Waals surface area contributed by atoms with Crippen LogP contribution in [-0.2, 0) is 14.6 Å². The lowest BCUT2D eigenvalue weighted by Crippen LogP contribution is -2.37. The highest BCUT2D eigenvalue weighted by atomic mass is 32.2. The summed E-state index contributed by atoms with van der Waals surface area (Å²) < 4.78 is 37.4. The maximum absolute atomic E-state index is 13.3. The van der Waals surface area contributed by atoms with Crippen molar-refractivity contribution in [3.63, 3.8) is 0 Å². The van der Waals surface area contributed by atoms with Crippen LogP contribution in [0.1, 0.15) is 38.5 Å². The first kappa shape index (κ1) is 18.9. The number of carbonyl (C=O) groups is 1. The molecule has 4 rings (SSSR count). The molecule has 1 aromatic carbocycles. The molecule has 0 N–H and O–H groups in total. The molecule has 0 bridgehead atoms. The van der Waals surface area contributed by atoms with Crippen molar-refractivity contribution in [3.8, 4) is 0 Å². The summed E-state index contributed by atoms with van der Waals surface area (Å²) in [5.74, 6) is 0.0434. The largest absolute Gasteiger partial charge is 0.316 e. The van der Waals surface area contributed by atoms with Crippen LogP contribution in [0.5, 0.6) is 0 Å². The number of anilines is 1. The van der Waals surface area contributed by atoms with Crippen molar-refractivity contribution in [3.05, 3.63) is 30.1 Å². The van der Waals surface area contributed by atoms with E-state index in [9.17, 15) is 17.6 Å². The Kier molecular flexibility index (Phi) is 5.29. The Labute approximate surface area is 163 Å². The van der Waals surface area contributed by atoms with Crippen molar-refractivity contribution in [2.75, 3.05) is 16.4 Å². The van der Waals surface area contributed by atoms with Gasteiger partial charge in [0.1, 0.15) is 5.82 Å². The molecule has 0 aromatic heterocycles. The molecule has 3 fully saturated rings. The molecule has 2 saturated heterocycles. The van der Waals surface area contributed by atoms with Crippen molar-refractivity contribution in [2.24, 2.45) is 10.9 Å². The smallest absolute Gasteiger partial charge is 0.248 e. The van der Waals surface area contributed by atoms with E-state index in [1.54, 1.807) is 12.1 Å². The summed E-state index contributed by atoms with van der Waals surface area (Å²) in [7, 11) is -3.11. The highest BCUT2D eigenvalue weighted by Crippen LogP contribution is 2.41. The summed E-state index contributed by atoms with van der Waals surface area (Å²) >= 11 is 1.36. The summed E-state index contributed by atoms with van der Waals surface area (Å²) in [5, 5.41) is 0.411. The predicted molar refractivity (Wildman–Crippen MR) is 106 cm³/mol. The van der Waals surface area contributed by atoms with E-state index >= 15 is 0 Å². The van der Waals surface area contributed by atoms with Gasteiger partial charge in [-0.1, -0.05) is 31.0 Å². The van der Waals surface area contributed by atoms with E-state index < -0.39 is 9.84 Å². The molecule has 146 valence electrons. The van der Waals surface area contributed by atoms with Crippen LogP contribution in [0.3, 0.4) is 0 Å². The Bertz CT molecular complexity index is 848. The third-order valence-electron chi connectivity index (χ3n) is 5.58. The average Bonchev–Trinajstić information content (AvgIpc) is 3.07. The van der Waals surface area contributed by atoms with E-state index in [1.165, 1.54) is 43.2 Å². The second-order valence-electron chi connectivity index (χ2n) is 7.64. The Morgan fingerprint density at radius 1 is 1.15 bits per heavy atom. The van der Waals surface area contributed by atoms with Gasteiger partial charge in [-0.2, -0.15) is 4.99 Å². The van der Waals surface area contributed by atoms with Crippen LogP contribution in [0.25, 0.3) is 0 Å². The molecular formula is C19H23FN2O3S2. The SMILES string of the molecule is O=C(CC1CCCCC1)N=C1S[C@H]2CS(=O)(=O)C[C@H]2N1c1ccc(F)cc1. The lowest BCUT2D eigenvalue weighted by atomic mass is 9.87. The van der Waals surface area contributed by atoms with Gasteiger partial charge in [0, 0.05) is 17.4 Å². The van der Waals surface area contributed by atoms with Crippen LogP contribution in [0.4, 0.5) is 10.1 Å². The molecule has 1 aromatic rings. The fraction of sp³-hybridized carbons (Fsp3) is 0.579. The van der Waals surface area contributed by atoms with Crippen molar-refractivity contribution < 1.29 is 17.6 Å². The molecule has 0 radical (unpaired) electrons. The van der Waals surface area contributed by atoms with Crippen LogP contribution in [0, 0.1) is 11.7 Å². The second-order valence-corrected chi connectivity index (χ2v) is 11.0. The van der Waals surface area contributed by atoms with Crippen LogP contribution in [-0.4, -0.2) is 42.3 Å². The number of halogens is 1. The maximum atomic E-state index is 13.3. The standard InChI is InChI=1S/C19H23FN2O3S2/c20-14-6-8-15(9-7-14)22-16-11-27(24,25)12-17(16)26-19(22)21-18(23)10-13-4-2-1-3-5-13/h6-9,13,16-17H,1-5,10-12H2/t16-,17+/m1/s1. The molecular weight excluding hydrogens is 387 g/mol. The Hall–Kier alpha value is -1.41. The number of rotatable bonds is 3. The molecule has 2 heterocycles. The lowest BCUT2D eigenvalue weighted by molar-refractivity contribution is -0.118. The lowest BCUT2D eigenvalue weighted by Gasteiger charge is -2.24. The van der Waals surface area contributed by atoms with Crippen molar-refractivity contribution in [1.29, 1.82) is 0 Å². The fourth-order valence-electron chi connectivity index (χ4n) is 4.26. The van der Waals surface area contributed by atoms with Gasteiger partial charge < -0.3 is 4.90 Å². The normalized spacial score (nSPS) is 29.2. The predicted octanol–water partition coefficient (Wildman–Crippen LogP) is 3.40. The molecule has 2 atom stereocenters. The summed E-state index contributed by atoms with van der Waals surface area (Å²) in [6.45, 7) is 0. The van der Waals surface area contributed by atoms with Crippen LogP contribution >= 0.6 is 11.8 Å². The molecule has 27 heavy (non-hydrogen) atoms. The van der Waals surface area contributed by atoms with Gasteiger partial charge in [0.15, 0.2) is 15.0 Å². The molecule has 2 aliphatic heterocycles. The number of hydrogen-bond donors (Lipinski definition) is 0. The van der Waals surface area contributed by atoms with Crippen LogP contribution in [0.2, 0.25) is 0 Å². The third-order valence-corrected chi connectivity index (χ3v) is 8.79. The number of hydrogen-bond acceptors (Lipinski definition) is 4. The number of fused-ring (bicyclic) bond motifs is 1. The molecule has 1 amide bonds. The first-order valence-electron chi connectivity index (χ1n) is 9.45. The highest BCUT2D eigenvalue weighted by Gasteiger charge is 2.49. The molecule has 0 unspecified atom stereocenters. The third kappa shape index (κ3) is 4.21. The monoisotopic (exact) mass is 410 g/mol. The van der Waals surface area contributed by atoms with E-state index in [2.05, 4.69) is 4.99 Å². The summed E-state index contributed by atoms with van der Waals surface area (Å²) in [4.78, 5) is 18.7. The quantitative estimate of drug-likeness (QED) is 0.764. The number of carbonyl (C=O) groups excluding carboxylic acids is 1. The van der Waals surface area contributed by atoms with E-state index in [0.717, 1.165) is 12.8 Å². The second kappa shape index (κ2) is 7.54. The Morgan fingerprint density at radius 3 is 2.56 bits per heavy atom. The van der Waals surface area contributed by atoms with Crippen molar-refractivity contribution in [1.82, 2.24) is 0 Å². The zero-order chi connectivity index (χ0) is 19.0. The Morgan fingerprint density at radius 2 is 1.85 bits per heavy atom. The first-order chi connectivity index (χ1) is 12.9. The number of benzene rings is 1. The van der Waals surface area contributed by atoms with Gasteiger partial charge in [-0.15, -0.1) is 0 Å². The highest BCUT2D eigenvalue weighted by molar-refractivity contribution is 8.16. The van der Waals surface area contributed by atoms with Crippen molar-refractivity contribution >= 4 is 38.4 Å². The molecule has 0 spiro atoms. The topological polar surface area (TPSA) is 66.8 Å². The molecule has 1 saturated carbocycles. The van der Waals surface area contributed by atoms with Gasteiger partial charge in [0.05, 0.1) is 17.5 Å². The van der Waals surface area contributed by atoms with Crippen molar-refractivity contribution in [2.45, 2.75) is 49.8 Å². The average molecular weight is 411 g/mol. The van der Waals surface area contributed by atoms with E-state index in [1.807, 2.05) is 4.90 Å². The summed E-state index contributed by atoms with van der Waals surface area (Å²) in [6, 6.07) is 5.66. The van der Waals surface area contributed by atoms with E-state index in [4.69, 9.17) is 0 Å². The molecule has 5 nitrogen and oxygen atoms in total.